The van der Waals surface area contributed by atoms with Gasteiger partial charge < -0.3 is 15.0 Å². The molecule has 0 saturated carbocycles. The van der Waals surface area contributed by atoms with E-state index in [2.05, 4.69) is 46.3 Å². The number of carbonyl (C=O) groups is 2. The Morgan fingerprint density at radius 3 is 2.23 bits per heavy atom. The summed E-state index contributed by atoms with van der Waals surface area (Å²) in [5.74, 6) is 0.236. The molecular weight excluding hydrogens is 380 g/mol. The van der Waals surface area contributed by atoms with Gasteiger partial charge in [-0.15, -0.1) is 0 Å². The zero-order valence-corrected chi connectivity index (χ0v) is 18.6. The van der Waals surface area contributed by atoms with Gasteiger partial charge in [-0.3, -0.25) is 19.4 Å². The molecule has 1 aromatic rings. The Bertz CT molecular complexity index is 695. The molecule has 2 atom stereocenters. The summed E-state index contributed by atoms with van der Waals surface area (Å²) >= 11 is 0. The number of rotatable bonds is 7. The van der Waals surface area contributed by atoms with E-state index >= 15 is 0 Å². The first-order valence-corrected chi connectivity index (χ1v) is 11.2. The molecule has 30 heavy (non-hydrogen) atoms. The van der Waals surface area contributed by atoms with Crippen LogP contribution >= 0.6 is 0 Å². The first-order valence-electron chi connectivity index (χ1n) is 11.2. The van der Waals surface area contributed by atoms with Crippen LogP contribution in [0.5, 0.6) is 0 Å². The molecule has 2 heterocycles. The van der Waals surface area contributed by atoms with Crippen molar-refractivity contribution in [3.63, 3.8) is 0 Å². The second-order valence-electron chi connectivity index (χ2n) is 8.31. The molecule has 7 heteroatoms. The average molecular weight is 417 g/mol. The largest absolute Gasteiger partial charge is 0.378 e. The van der Waals surface area contributed by atoms with Gasteiger partial charge in [-0.05, 0) is 31.4 Å². The number of aryl methyl sites for hydroxylation is 1. The summed E-state index contributed by atoms with van der Waals surface area (Å²) in [7, 11) is 0. The zero-order chi connectivity index (χ0) is 21.5. The second kappa shape index (κ2) is 10.9. The van der Waals surface area contributed by atoms with Gasteiger partial charge in [0.15, 0.2) is 0 Å². The van der Waals surface area contributed by atoms with Crippen molar-refractivity contribution >= 4 is 11.8 Å². The summed E-state index contributed by atoms with van der Waals surface area (Å²) in [4.78, 5) is 31.5. The fourth-order valence-corrected chi connectivity index (χ4v) is 4.13. The highest BCUT2D eigenvalue weighted by atomic mass is 16.5. The maximum Gasteiger partial charge on any atom is 0.239 e. The fraction of sp³-hybridized carbons (Fsp3) is 0.652. The molecule has 2 unspecified atom stereocenters. The van der Waals surface area contributed by atoms with Crippen LogP contribution in [0.1, 0.15) is 37.9 Å². The minimum Gasteiger partial charge on any atom is -0.378 e. The number of piperazine rings is 1. The molecule has 0 radical (unpaired) electrons. The van der Waals surface area contributed by atoms with Crippen LogP contribution in [-0.2, 0) is 20.7 Å². The molecule has 2 fully saturated rings. The predicted molar refractivity (Wildman–Crippen MR) is 117 cm³/mol. The van der Waals surface area contributed by atoms with Gasteiger partial charge in [0.1, 0.15) is 0 Å². The molecule has 166 valence electrons. The third-order valence-electron chi connectivity index (χ3n) is 6.27. The number of nitrogens with zero attached hydrogens (tertiary/aromatic N) is 3. The van der Waals surface area contributed by atoms with Crippen LogP contribution in [0.4, 0.5) is 0 Å². The molecule has 2 saturated heterocycles. The topological polar surface area (TPSA) is 65.1 Å². The Balaban J connectivity index is 1.41. The van der Waals surface area contributed by atoms with Gasteiger partial charge in [0.2, 0.25) is 11.8 Å². The van der Waals surface area contributed by atoms with Gasteiger partial charge in [0.05, 0.1) is 31.8 Å². The lowest BCUT2D eigenvalue weighted by Crippen LogP contribution is -2.56. The lowest BCUT2D eigenvalue weighted by molar-refractivity contribution is -0.141. The van der Waals surface area contributed by atoms with Crippen LogP contribution in [0, 0.1) is 0 Å². The summed E-state index contributed by atoms with van der Waals surface area (Å²) in [6.07, 6.45) is 1.02. The highest BCUT2D eigenvalue weighted by Crippen LogP contribution is 2.14. The van der Waals surface area contributed by atoms with Crippen molar-refractivity contribution in [1.82, 2.24) is 20.0 Å². The van der Waals surface area contributed by atoms with E-state index in [1.54, 1.807) is 0 Å². The lowest BCUT2D eigenvalue weighted by Gasteiger charge is -2.39. The van der Waals surface area contributed by atoms with E-state index in [1.165, 1.54) is 5.56 Å². The highest BCUT2D eigenvalue weighted by Gasteiger charge is 2.30. The summed E-state index contributed by atoms with van der Waals surface area (Å²) in [6, 6.07) is 8.30. The predicted octanol–water partition coefficient (Wildman–Crippen LogP) is 1.29. The van der Waals surface area contributed by atoms with Gasteiger partial charge in [-0.1, -0.05) is 31.2 Å². The van der Waals surface area contributed by atoms with Gasteiger partial charge in [-0.25, -0.2) is 0 Å². The molecule has 3 rings (SSSR count). The SMILES string of the molecule is CCc1ccc(C(C)NC(=O)CN2CCN(C(C)C(=O)N3CCOCC3)CC2)cc1. The van der Waals surface area contributed by atoms with Gasteiger partial charge in [-0.2, -0.15) is 0 Å². The van der Waals surface area contributed by atoms with Crippen LogP contribution in [0.25, 0.3) is 0 Å². The maximum absolute atomic E-state index is 12.7. The van der Waals surface area contributed by atoms with Crippen LogP contribution in [-0.4, -0.2) is 91.6 Å². The molecule has 0 bridgehead atoms. The Morgan fingerprint density at radius 1 is 1.00 bits per heavy atom. The standard InChI is InChI=1S/C23H36N4O3/c1-4-20-5-7-21(8-6-20)18(2)24-22(28)17-25-9-11-26(12-10-25)19(3)23(29)27-13-15-30-16-14-27/h5-8,18-19H,4,9-17H2,1-3H3,(H,24,28). The van der Waals surface area contributed by atoms with Crippen LogP contribution in [0.15, 0.2) is 24.3 Å². The van der Waals surface area contributed by atoms with Gasteiger partial charge in [0.25, 0.3) is 0 Å². The quantitative estimate of drug-likeness (QED) is 0.726. The van der Waals surface area contributed by atoms with Crippen molar-refractivity contribution in [2.24, 2.45) is 0 Å². The Hall–Kier alpha value is -1.96. The van der Waals surface area contributed by atoms with Crippen LogP contribution in [0.3, 0.4) is 0 Å². The molecule has 0 aromatic heterocycles. The number of morpholine rings is 1. The third-order valence-corrected chi connectivity index (χ3v) is 6.27. The molecule has 1 aromatic carbocycles. The number of nitrogens with one attached hydrogen (secondary N) is 1. The first-order chi connectivity index (χ1) is 14.5. The van der Waals surface area contributed by atoms with E-state index in [1.807, 2.05) is 18.7 Å². The summed E-state index contributed by atoms with van der Waals surface area (Å²) in [5, 5.41) is 3.11. The molecule has 7 nitrogen and oxygen atoms in total. The van der Waals surface area contributed by atoms with Gasteiger partial charge in [0, 0.05) is 39.3 Å². The maximum atomic E-state index is 12.7. The summed E-state index contributed by atoms with van der Waals surface area (Å²) in [6.45, 7) is 12.4. The monoisotopic (exact) mass is 416 g/mol. The van der Waals surface area contributed by atoms with E-state index < -0.39 is 0 Å². The number of hydrogen-bond donors (Lipinski definition) is 1. The van der Waals surface area contributed by atoms with E-state index in [4.69, 9.17) is 4.74 Å². The second-order valence-corrected chi connectivity index (χ2v) is 8.31. The number of benzene rings is 1. The van der Waals surface area contributed by atoms with E-state index in [0.29, 0.717) is 32.8 Å². The highest BCUT2D eigenvalue weighted by molar-refractivity contribution is 5.81. The van der Waals surface area contributed by atoms with E-state index in [9.17, 15) is 9.59 Å². The minimum absolute atomic E-state index is 0.00383. The first kappa shape index (κ1) is 22.7. The van der Waals surface area contributed by atoms with Crippen molar-refractivity contribution in [2.75, 3.05) is 59.0 Å². The van der Waals surface area contributed by atoms with Crippen molar-refractivity contribution in [2.45, 2.75) is 39.3 Å². The zero-order valence-electron chi connectivity index (χ0n) is 18.6. The molecular formula is C23H36N4O3. The summed E-state index contributed by atoms with van der Waals surface area (Å²) < 4.78 is 5.34. The molecule has 0 spiro atoms. The molecule has 1 N–H and O–H groups in total. The van der Waals surface area contributed by atoms with Crippen molar-refractivity contribution in [3.05, 3.63) is 35.4 Å². The Labute approximate surface area is 180 Å². The van der Waals surface area contributed by atoms with Crippen LogP contribution in [0.2, 0.25) is 0 Å². The lowest BCUT2D eigenvalue weighted by atomic mass is 10.0. The van der Waals surface area contributed by atoms with E-state index in [0.717, 1.165) is 38.2 Å². The number of carbonyl (C=O) groups excluding carboxylic acids is 2. The van der Waals surface area contributed by atoms with Gasteiger partial charge >= 0.3 is 0 Å². The molecule has 2 aliphatic rings. The van der Waals surface area contributed by atoms with Crippen molar-refractivity contribution in [1.29, 1.82) is 0 Å². The number of hydrogen-bond acceptors (Lipinski definition) is 5. The Morgan fingerprint density at radius 2 is 1.63 bits per heavy atom. The number of ether oxygens (including phenoxy) is 1. The Kier molecular flexibility index (Phi) is 8.24. The minimum atomic E-state index is -0.120. The molecule has 2 amide bonds. The molecule has 0 aliphatic carbocycles. The van der Waals surface area contributed by atoms with E-state index in [-0.39, 0.29) is 23.9 Å². The number of amides is 2. The normalized spacial score (nSPS) is 20.6. The fourth-order valence-electron chi connectivity index (χ4n) is 4.13. The van der Waals surface area contributed by atoms with Crippen LogP contribution < -0.4 is 5.32 Å². The van der Waals surface area contributed by atoms with Crippen molar-refractivity contribution in [3.8, 4) is 0 Å². The van der Waals surface area contributed by atoms with Crippen molar-refractivity contribution < 1.29 is 14.3 Å². The molecule has 2 aliphatic heterocycles. The average Bonchev–Trinajstić information content (AvgIpc) is 2.79. The smallest absolute Gasteiger partial charge is 0.239 e. The summed E-state index contributed by atoms with van der Waals surface area (Å²) in [5.41, 5.74) is 2.43. The third kappa shape index (κ3) is 6.03.